The van der Waals surface area contributed by atoms with Gasteiger partial charge in [0.2, 0.25) is 5.24 Å². The van der Waals surface area contributed by atoms with Crippen LogP contribution in [0.15, 0.2) is 36.5 Å². The van der Waals surface area contributed by atoms with Crippen LogP contribution in [0.1, 0.15) is 84.0 Å². The predicted molar refractivity (Wildman–Crippen MR) is 99.4 cm³/mol. The highest BCUT2D eigenvalue weighted by molar-refractivity contribution is 6.63. The van der Waals surface area contributed by atoms with Crippen LogP contribution in [-0.2, 0) is 4.79 Å². The van der Waals surface area contributed by atoms with Crippen molar-refractivity contribution < 1.29 is 4.79 Å². The van der Waals surface area contributed by atoms with Gasteiger partial charge in [-0.1, -0.05) is 75.5 Å². The molecule has 0 N–H and O–H groups in total. The van der Waals surface area contributed by atoms with Gasteiger partial charge in [-0.3, -0.25) is 4.79 Å². The summed E-state index contributed by atoms with van der Waals surface area (Å²) >= 11 is 5.27. The topological polar surface area (TPSA) is 17.1 Å². The Morgan fingerprint density at radius 3 is 1.82 bits per heavy atom. The Morgan fingerprint density at radius 2 is 1.23 bits per heavy atom. The lowest BCUT2D eigenvalue weighted by atomic mass is 10.1. The second-order valence-corrected chi connectivity index (χ2v) is 6.11. The van der Waals surface area contributed by atoms with E-state index in [1.165, 1.54) is 44.9 Å². The normalized spacial score (nSPS) is 12.1. The maximum atomic E-state index is 10.5. The number of unbranched alkanes of at least 4 members (excludes halogenated alkanes) is 7. The molecule has 0 rings (SSSR count). The largest absolute Gasteiger partial charge is 0.281 e. The van der Waals surface area contributed by atoms with Gasteiger partial charge < -0.3 is 0 Å². The van der Waals surface area contributed by atoms with Crippen LogP contribution in [0.25, 0.3) is 0 Å². The van der Waals surface area contributed by atoms with Crippen LogP contribution in [0.5, 0.6) is 0 Å². The molecule has 0 saturated carbocycles. The molecule has 0 aromatic carbocycles. The summed E-state index contributed by atoms with van der Waals surface area (Å²) in [4.78, 5) is 10.5. The van der Waals surface area contributed by atoms with Crippen LogP contribution in [0.2, 0.25) is 0 Å². The Balaban J connectivity index is 3.30. The van der Waals surface area contributed by atoms with Gasteiger partial charge in [-0.05, 0) is 50.1 Å². The van der Waals surface area contributed by atoms with Crippen molar-refractivity contribution in [2.75, 3.05) is 0 Å². The van der Waals surface area contributed by atoms with E-state index in [4.69, 9.17) is 11.6 Å². The fourth-order valence-electron chi connectivity index (χ4n) is 2.18. The molecule has 0 fully saturated rings. The zero-order valence-electron chi connectivity index (χ0n) is 14.2. The van der Waals surface area contributed by atoms with Crippen LogP contribution >= 0.6 is 11.6 Å². The van der Waals surface area contributed by atoms with Crippen molar-refractivity contribution >= 4 is 16.8 Å². The molecule has 0 aliphatic heterocycles. The van der Waals surface area contributed by atoms with E-state index in [0.717, 1.165) is 25.7 Å². The Morgan fingerprint density at radius 1 is 0.727 bits per heavy atom. The second-order valence-electron chi connectivity index (χ2n) is 5.69. The molecule has 0 bridgehead atoms. The van der Waals surface area contributed by atoms with E-state index in [0.29, 0.717) is 6.42 Å². The van der Waals surface area contributed by atoms with Crippen molar-refractivity contribution in [3.05, 3.63) is 36.5 Å². The minimum Gasteiger partial charge on any atom is -0.281 e. The number of carbonyl (C=O) groups is 1. The molecule has 0 saturated heterocycles. The first-order valence-corrected chi connectivity index (χ1v) is 9.28. The summed E-state index contributed by atoms with van der Waals surface area (Å²) in [6, 6.07) is 0. The van der Waals surface area contributed by atoms with E-state index in [1.54, 1.807) is 0 Å². The van der Waals surface area contributed by atoms with Gasteiger partial charge >= 0.3 is 0 Å². The smallest absolute Gasteiger partial charge is 0.221 e. The van der Waals surface area contributed by atoms with Crippen molar-refractivity contribution in [1.29, 1.82) is 0 Å². The van der Waals surface area contributed by atoms with Gasteiger partial charge in [0.15, 0.2) is 0 Å². The third-order valence-electron chi connectivity index (χ3n) is 3.51. The molecule has 0 spiro atoms. The zero-order chi connectivity index (χ0) is 16.3. The molecule has 126 valence electrons. The quantitative estimate of drug-likeness (QED) is 0.178. The molecular weight excluding hydrogens is 292 g/mol. The second kappa shape index (κ2) is 18.2. The number of hydrogen-bond acceptors (Lipinski definition) is 1. The third-order valence-corrected chi connectivity index (χ3v) is 3.70. The van der Waals surface area contributed by atoms with Gasteiger partial charge in [-0.15, -0.1) is 0 Å². The van der Waals surface area contributed by atoms with Crippen molar-refractivity contribution in [2.24, 2.45) is 0 Å². The lowest BCUT2D eigenvalue weighted by molar-refractivity contribution is -0.111. The molecule has 2 heteroatoms. The zero-order valence-corrected chi connectivity index (χ0v) is 15.0. The van der Waals surface area contributed by atoms with Gasteiger partial charge in [0.1, 0.15) is 0 Å². The number of allylic oxidation sites excluding steroid dienone is 6. The first-order chi connectivity index (χ1) is 10.8. The minimum absolute atomic E-state index is 0.235. The molecule has 1 nitrogen and oxygen atoms in total. The number of hydrogen-bond donors (Lipinski definition) is 0. The van der Waals surface area contributed by atoms with Gasteiger partial charge in [-0.2, -0.15) is 0 Å². The Hall–Kier alpha value is -0.820. The Bertz CT molecular complexity index is 329. The molecule has 0 atom stereocenters. The molecule has 0 aromatic heterocycles. The summed E-state index contributed by atoms with van der Waals surface area (Å²) in [6.07, 6.45) is 27.0. The summed E-state index contributed by atoms with van der Waals surface area (Å²) in [5.74, 6) is 0. The molecule has 0 radical (unpaired) electrons. The average Bonchev–Trinajstić information content (AvgIpc) is 2.50. The van der Waals surface area contributed by atoms with E-state index >= 15 is 0 Å². The fourth-order valence-corrected chi connectivity index (χ4v) is 2.31. The summed E-state index contributed by atoms with van der Waals surface area (Å²) in [6.45, 7) is 2.26. The Kier molecular flexibility index (Phi) is 17.6. The van der Waals surface area contributed by atoms with Crippen LogP contribution < -0.4 is 0 Å². The summed E-state index contributed by atoms with van der Waals surface area (Å²) in [5, 5.41) is -0.235. The van der Waals surface area contributed by atoms with Crippen molar-refractivity contribution in [2.45, 2.75) is 84.0 Å². The van der Waals surface area contributed by atoms with Crippen LogP contribution in [0, 0.1) is 0 Å². The summed E-state index contributed by atoms with van der Waals surface area (Å²) in [7, 11) is 0. The highest BCUT2D eigenvalue weighted by Gasteiger charge is 1.92. The summed E-state index contributed by atoms with van der Waals surface area (Å²) in [5.41, 5.74) is 0. The first-order valence-electron chi connectivity index (χ1n) is 8.90. The van der Waals surface area contributed by atoms with E-state index in [9.17, 15) is 4.79 Å². The molecule has 0 aliphatic carbocycles. The van der Waals surface area contributed by atoms with Crippen LogP contribution in [0.3, 0.4) is 0 Å². The molecule has 0 heterocycles. The maximum Gasteiger partial charge on any atom is 0.221 e. The van der Waals surface area contributed by atoms with Crippen LogP contribution in [-0.4, -0.2) is 5.24 Å². The Labute approximate surface area is 142 Å². The van der Waals surface area contributed by atoms with E-state index in [2.05, 4.69) is 43.4 Å². The van der Waals surface area contributed by atoms with Crippen molar-refractivity contribution in [3.8, 4) is 0 Å². The molecule has 0 unspecified atom stereocenters. The number of halogens is 1. The van der Waals surface area contributed by atoms with E-state index in [-0.39, 0.29) is 5.24 Å². The average molecular weight is 325 g/mol. The van der Waals surface area contributed by atoms with Gasteiger partial charge in [-0.25, -0.2) is 0 Å². The monoisotopic (exact) mass is 324 g/mol. The highest BCUT2D eigenvalue weighted by atomic mass is 35.5. The maximum absolute atomic E-state index is 10.5. The number of rotatable bonds is 15. The van der Waals surface area contributed by atoms with E-state index in [1.807, 2.05) is 0 Å². The first kappa shape index (κ1) is 21.2. The summed E-state index contributed by atoms with van der Waals surface area (Å²) < 4.78 is 0. The lowest BCUT2D eigenvalue weighted by Gasteiger charge is -1.97. The number of carbonyl (C=O) groups excluding carboxylic acids is 1. The molecule has 0 aromatic rings. The van der Waals surface area contributed by atoms with Crippen LogP contribution in [0.4, 0.5) is 0 Å². The predicted octanol–water partition coefficient (Wildman–Crippen LogP) is 7.12. The van der Waals surface area contributed by atoms with E-state index < -0.39 is 0 Å². The highest BCUT2D eigenvalue weighted by Crippen LogP contribution is 2.07. The molecule has 0 aliphatic rings. The molecule has 22 heavy (non-hydrogen) atoms. The SMILES string of the molecule is CCCCCCCCC=CCC=CCC=CCCCC(=O)Cl. The van der Waals surface area contributed by atoms with Crippen molar-refractivity contribution in [3.63, 3.8) is 0 Å². The molecule has 0 amide bonds. The van der Waals surface area contributed by atoms with Gasteiger partial charge in [0.25, 0.3) is 0 Å². The van der Waals surface area contributed by atoms with Crippen molar-refractivity contribution in [1.82, 2.24) is 0 Å². The fraction of sp³-hybridized carbons (Fsp3) is 0.650. The minimum atomic E-state index is -0.235. The standard InChI is InChI=1S/C20H33ClO/c1-2-3-4-5-6-7-8-9-10-11-12-13-14-15-16-17-18-19-20(21)22/h9-10,12-13,15-16H,2-8,11,14,17-19H2,1H3. The third kappa shape index (κ3) is 19.2. The van der Waals surface area contributed by atoms with Gasteiger partial charge in [0, 0.05) is 6.42 Å². The molecular formula is C20H33ClO. The van der Waals surface area contributed by atoms with Gasteiger partial charge in [0.05, 0.1) is 0 Å². The lowest BCUT2D eigenvalue weighted by Crippen LogP contribution is -1.83.